The van der Waals surface area contributed by atoms with Crippen LogP contribution < -0.4 is 14.2 Å². The Morgan fingerprint density at radius 1 is 0.593 bits per heavy atom. The van der Waals surface area contributed by atoms with Crippen molar-refractivity contribution in [2.24, 2.45) is 9.98 Å². The van der Waals surface area contributed by atoms with Gasteiger partial charge in [0.2, 0.25) is 0 Å². The van der Waals surface area contributed by atoms with Crippen LogP contribution in [0.5, 0.6) is 23.0 Å². The summed E-state index contributed by atoms with van der Waals surface area (Å²) < 4.78 is 15.8. The van der Waals surface area contributed by atoms with Crippen molar-refractivity contribution in [3.63, 3.8) is 0 Å². The van der Waals surface area contributed by atoms with Crippen LogP contribution in [-0.4, -0.2) is 46.7 Å². The number of fused-ring (bicyclic) bond motifs is 2. The fourth-order valence-corrected chi connectivity index (χ4v) is 5.19. The van der Waals surface area contributed by atoms with Gasteiger partial charge in [0.05, 0.1) is 47.8 Å². The van der Waals surface area contributed by atoms with Crippen LogP contribution >= 0.6 is 24.4 Å². The first-order valence-electron chi connectivity index (χ1n) is 16.2. The number of esters is 1. The second kappa shape index (κ2) is 20.7. The Morgan fingerprint density at radius 2 is 0.981 bits per heavy atom. The lowest BCUT2D eigenvalue weighted by Gasteiger charge is -2.13. The molecule has 54 heavy (non-hydrogen) atoms. The lowest BCUT2D eigenvalue weighted by Crippen LogP contribution is -2.16. The SMILES string of the molecule is C.COc1ccc2cc(C(C)C(=O)O)ccc2c1.COc1ccc2cc(C(C)C(=O)Oc3ccc(N=C=S)cc3)ccc2c1.Oc1ccc(N=C=S)cc1. The molecule has 0 aliphatic rings. The van der Waals surface area contributed by atoms with Gasteiger partial charge in [0.25, 0.3) is 0 Å². The smallest absolute Gasteiger partial charge is 0.318 e. The largest absolute Gasteiger partial charge is 0.508 e. The van der Waals surface area contributed by atoms with Gasteiger partial charge in [-0.2, -0.15) is 9.98 Å². The predicted molar refractivity (Wildman–Crippen MR) is 222 cm³/mol. The second-order valence-electron chi connectivity index (χ2n) is 11.6. The fraction of sp³-hybridized carbons (Fsp3) is 0.163. The topological polar surface area (TPSA) is 127 Å². The number of hydrogen-bond acceptors (Lipinski definition) is 10. The van der Waals surface area contributed by atoms with Gasteiger partial charge in [-0.1, -0.05) is 56.0 Å². The van der Waals surface area contributed by atoms with Crippen LogP contribution in [0.3, 0.4) is 0 Å². The Morgan fingerprint density at radius 3 is 1.41 bits per heavy atom. The molecule has 0 bridgehead atoms. The molecule has 11 heteroatoms. The number of carboxylic acid groups (broad SMARTS) is 1. The second-order valence-corrected chi connectivity index (χ2v) is 11.9. The summed E-state index contributed by atoms with van der Waals surface area (Å²) in [6.07, 6.45) is 0. The molecule has 2 atom stereocenters. The van der Waals surface area contributed by atoms with E-state index >= 15 is 0 Å². The minimum Gasteiger partial charge on any atom is -0.508 e. The van der Waals surface area contributed by atoms with E-state index in [0.29, 0.717) is 17.1 Å². The number of nitrogens with zero attached hydrogens (tertiary/aromatic N) is 2. The molecule has 0 spiro atoms. The zero-order valence-electron chi connectivity index (χ0n) is 29.3. The van der Waals surface area contributed by atoms with Crippen molar-refractivity contribution in [1.29, 1.82) is 0 Å². The molecule has 276 valence electrons. The Kier molecular flexibility index (Phi) is 16.2. The average molecular weight is 761 g/mol. The Labute approximate surface area is 325 Å². The van der Waals surface area contributed by atoms with Crippen molar-refractivity contribution >= 4 is 79.6 Å². The quantitative estimate of drug-likeness (QED) is 0.0640. The number of carboxylic acids is 1. The first-order valence-corrected chi connectivity index (χ1v) is 17.0. The summed E-state index contributed by atoms with van der Waals surface area (Å²) in [5, 5.41) is 26.5. The van der Waals surface area contributed by atoms with Crippen molar-refractivity contribution < 1.29 is 34.0 Å². The molecule has 0 fully saturated rings. The van der Waals surface area contributed by atoms with E-state index in [-0.39, 0.29) is 25.1 Å². The molecule has 0 aliphatic carbocycles. The number of aliphatic carboxylic acids is 1. The molecule has 2 N–H and O–H groups in total. The summed E-state index contributed by atoms with van der Waals surface area (Å²) in [7, 11) is 3.27. The number of phenols is 1. The van der Waals surface area contributed by atoms with Crippen LogP contribution in [0.25, 0.3) is 21.5 Å². The minimum atomic E-state index is -0.808. The van der Waals surface area contributed by atoms with Gasteiger partial charge in [-0.15, -0.1) is 0 Å². The molecule has 0 amide bonds. The molecule has 9 nitrogen and oxygen atoms in total. The standard InChI is InChI=1S/C21H17NO3S.C14H14O3.C7H5NOS.CH4/c1-14(21(23)25-19-9-6-18(7-10-19)22-13-26)15-3-4-17-12-20(24-2)8-5-16(17)11-15;1-9(14(15)16)10-3-4-12-8-13(17-2)6-5-11(12)7-10;9-7-3-1-6(2-4-7)8-5-10;/h3-12,14H,1-2H3;3-9H,1-2H3,(H,15,16);1-4,9H;1H4. The van der Waals surface area contributed by atoms with E-state index in [4.69, 9.17) is 24.4 Å². The van der Waals surface area contributed by atoms with E-state index in [1.54, 1.807) is 69.7 Å². The number of rotatable bonds is 9. The zero-order valence-corrected chi connectivity index (χ0v) is 31.0. The summed E-state index contributed by atoms with van der Waals surface area (Å²) >= 11 is 8.95. The number of carbonyl (C=O) groups is 2. The van der Waals surface area contributed by atoms with Gasteiger partial charge in [-0.25, -0.2) is 0 Å². The minimum absolute atomic E-state index is 0. The van der Waals surface area contributed by atoms with E-state index in [9.17, 15) is 9.59 Å². The van der Waals surface area contributed by atoms with Crippen molar-refractivity contribution in [3.05, 3.63) is 132 Å². The van der Waals surface area contributed by atoms with Crippen LogP contribution in [0.15, 0.2) is 131 Å². The Balaban J connectivity index is 0.000000240. The van der Waals surface area contributed by atoms with Crippen LogP contribution in [0.2, 0.25) is 0 Å². The number of thiocarbonyl (C=S) groups is 2. The molecule has 0 heterocycles. The predicted octanol–water partition coefficient (Wildman–Crippen LogP) is 11.1. The number of phenolic OH excluding ortho intramolecular Hbond substituents is 1. The normalized spacial score (nSPS) is 11.0. The molecule has 2 unspecified atom stereocenters. The number of hydrogen-bond donors (Lipinski definition) is 2. The molecule has 0 saturated heterocycles. The number of aromatic hydroxyl groups is 1. The highest BCUT2D eigenvalue weighted by molar-refractivity contribution is 7.78. The highest BCUT2D eigenvalue weighted by Gasteiger charge is 2.18. The van der Waals surface area contributed by atoms with Gasteiger partial charge in [0, 0.05) is 0 Å². The van der Waals surface area contributed by atoms with Crippen LogP contribution in [0, 0.1) is 0 Å². The molecule has 6 aromatic carbocycles. The average Bonchev–Trinajstić information content (AvgIpc) is 3.18. The first-order chi connectivity index (χ1) is 25.5. The third-order valence-electron chi connectivity index (χ3n) is 8.12. The van der Waals surface area contributed by atoms with E-state index in [0.717, 1.165) is 44.2 Å². The van der Waals surface area contributed by atoms with Gasteiger partial charge >= 0.3 is 11.9 Å². The van der Waals surface area contributed by atoms with Gasteiger partial charge in [0.1, 0.15) is 23.0 Å². The maximum Gasteiger partial charge on any atom is 0.318 e. The van der Waals surface area contributed by atoms with Crippen molar-refractivity contribution in [2.45, 2.75) is 33.1 Å². The van der Waals surface area contributed by atoms with Gasteiger partial charge in [0.15, 0.2) is 0 Å². The van der Waals surface area contributed by atoms with E-state index in [1.165, 1.54) is 0 Å². The van der Waals surface area contributed by atoms with Crippen molar-refractivity contribution in [3.8, 4) is 23.0 Å². The summed E-state index contributed by atoms with van der Waals surface area (Å²) in [6, 6.07) is 36.4. The first kappa shape index (κ1) is 42.2. The van der Waals surface area contributed by atoms with E-state index < -0.39 is 11.9 Å². The summed E-state index contributed by atoms with van der Waals surface area (Å²) in [6.45, 7) is 3.52. The lowest BCUT2D eigenvalue weighted by molar-refractivity contribution is -0.138. The van der Waals surface area contributed by atoms with Crippen LogP contribution in [-0.2, 0) is 9.59 Å². The molecule has 0 aromatic heterocycles. The number of methoxy groups -OCH3 is 2. The molecule has 6 rings (SSSR count). The highest BCUT2D eigenvalue weighted by atomic mass is 32.1. The summed E-state index contributed by atoms with van der Waals surface area (Å²) in [4.78, 5) is 30.9. The van der Waals surface area contributed by atoms with Gasteiger partial charge in [-0.05, 0) is 144 Å². The molecular formula is C43H40N2O7S2. The Bertz CT molecular complexity index is 2300. The van der Waals surface area contributed by atoms with Crippen molar-refractivity contribution in [1.82, 2.24) is 0 Å². The third-order valence-corrected chi connectivity index (χ3v) is 8.30. The van der Waals surface area contributed by atoms with Gasteiger partial charge < -0.3 is 24.4 Å². The molecule has 0 saturated carbocycles. The van der Waals surface area contributed by atoms with Gasteiger partial charge in [-0.3, -0.25) is 9.59 Å². The fourth-order valence-electron chi connectivity index (χ4n) is 4.98. The maximum absolute atomic E-state index is 12.5. The van der Waals surface area contributed by atoms with Crippen LogP contribution in [0.4, 0.5) is 11.4 Å². The zero-order chi connectivity index (χ0) is 38.3. The molecular weight excluding hydrogens is 721 g/mol. The highest BCUT2D eigenvalue weighted by Crippen LogP contribution is 2.28. The number of benzene rings is 6. The van der Waals surface area contributed by atoms with E-state index in [1.807, 2.05) is 79.7 Å². The maximum atomic E-state index is 12.5. The Hall–Kier alpha value is -6.22. The summed E-state index contributed by atoms with van der Waals surface area (Å²) in [5.41, 5.74) is 3.08. The number of aliphatic imine (C=N–C) groups is 2. The van der Waals surface area contributed by atoms with Crippen LogP contribution in [0.1, 0.15) is 44.2 Å². The summed E-state index contributed by atoms with van der Waals surface area (Å²) in [5.74, 6) is 0.304. The lowest BCUT2D eigenvalue weighted by atomic mass is 9.98. The number of ether oxygens (including phenoxy) is 3. The van der Waals surface area contributed by atoms with Crippen molar-refractivity contribution in [2.75, 3.05) is 14.2 Å². The molecule has 0 radical (unpaired) electrons. The third kappa shape index (κ3) is 11.9. The molecule has 0 aliphatic heterocycles. The molecule has 6 aromatic rings. The number of isothiocyanates is 2. The van der Waals surface area contributed by atoms with E-state index in [2.05, 4.69) is 44.7 Å². The number of carbonyl (C=O) groups excluding carboxylic acids is 1. The monoisotopic (exact) mass is 760 g/mol.